The Morgan fingerprint density at radius 3 is 2.28 bits per heavy atom. The van der Waals surface area contributed by atoms with E-state index in [4.69, 9.17) is 17.3 Å². The summed E-state index contributed by atoms with van der Waals surface area (Å²) in [7, 11) is 0. The van der Waals surface area contributed by atoms with E-state index >= 15 is 0 Å². The van der Waals surface area contributed by atoms with E-state index in [0.717, 1.165) is 11.1 Å². The van der Waals surface area contributed by atoms with Gasteiger partial charge in [0, 0.05) is 17.5 Å². The molecule has 2 aromatic carbocycles. The largest absolute Gasteiger partial charge is 0.388 e. The molecular weight excluding hydrogens is 246 g/mol. The highest BCUT2D eigenvalue weighted by Gasteiger charge is 2.21. The van der Waals surface area contributed by atoms with Crippen LogP contribution in [0.25, 0.3) is 0 Å². The first-order valence-electron chi connectivity index (χ1n) is 5.91. The molecule has 0 heterocycles. The fourth-order valence-corrected chi connectivity index (χ4v) is 2.27. The van der Waals surface area contributed by atoms with Crippen LogP contribution < -0.4 is 5.73 Å². The average molecular weight is 262 g/mol. The minimum absolute atomic E-state index is 0.147. The molecule has 3 N–H and O–H groups in total. The molecule has 0 aliphatic rings. The first kappa shape index (κ1) is 13.1. The van der Waals surface area contributed by atoms with Gasteiger partial charge >= 0.3 is 0 Å². The summed E-state index contributed by atoms with van der Waals surface area (Å²) in [5.74, 6) is -0.147. The molecule has 2 atom stereocenters. The van der Waals surface area contributed by atoms with Gasteiger partial charge < -0.3 is 10.8 Å². The molecule has 0 saturated carbocycles. The van der Waals surface area contributed by atoms with Crippen molar-refractivity contribution in [3.05, 3.63) is 70.7 Å². The van der Waals surface area contributed by atoms with Gasteiger partial charge in [0.2, 0.25) is 0 Å². The highest BCUT2D eigenvalue weighted by atomic mass is 35.5. The van der Waals surface area contributed by atoms with Gasteiger partial charge in [-0.05, 0) is 23.3 Å². The molecule has 2 nitrogen and oxygen atoms in total. The monoisotopic (exact) mass is 261 g/mol. The molecule has 0 amide bonds. The number of rotatable bonds is 4. The molecule has 0 aliphatic heterocycles. The Kier molecular flexibility index (Phi) is 4.37. The van der Waals surface area contributed by atoms with Crippen LogP contribution in [0.5, 0.6) is 0 Å². The Morgan fingerprint density at radius 1 is 1.00 bits per heavy atom. The van der Waals surface area contributed by atoms with Gasteiger partial charge in [-0.25, -0.2) is 0 Å². The third-order valence-electron chi connectivity index (χ3n) is 3.05. The van der Waals surface area contributed by atoms with Crippen molar-refractivity contribution in [3.8, 4) is 0 Å². The molecule has 0 radical (unpaired) electrons. The van der Waals surface area contributed by atoms with E-state index in [1.54, 1.807) is 0 Å². The van der Waals surface area contributed by atoms with Crippen LogP contribution >= 0.6 is 11.6 Å². The third-order valence-corrected chi connectivity index (χ3v) is 3.29. The average Bonchev–Trinajstić information content (AvgIpc) is 2.40. The number of aliphatic hydroxyl groups excluding tert-OH is 1. The van der Waals surface area contributed by atoms with E-state index in [1.807, 2.05) is 54.6 Å². The molecule has 0 bridgehead atoms. The topological polar surface area (TPSA) is 46.2 Å². The molecule has 0 aliphatic carbocycles. The van der Waals surface area contributed by atoms with Crippen molar-refractivity contribution in [2.45, 2.75) is 12.0 Å². The molecule has 0 spiro atoms. The number of hydrogen-bond acceptors (Lipinski definition) is 2. The second-order valence-electron chi connectivity index (χ2n) is 4.25. The number of nitrogens with two attached hydrogens (primary N) is 1. The second-order valence-corrected chi connectivity index (χ2v) is 4.69. The number of halogens is 1. The molecule has 0 fully saturated rings. The maximum absolute atomic E-state index is 10.4. The van der Waals surface area contributed by atoms with E-state index in [1.165, 1.54) is 0 Å². The van der Waals surface area contributed by atoms with Crippen LogP contribution in [0.3, 0.4) is 0 Å². The lowest BCUT2D eigenvalue weighted by Crippen LogP contribution is -2.20. The maximum Gasteiger partial charge on any atom is 0.0870 e. The van der Waals surface area contributed by atoms with Crippen molar-refractivity contribution in [2.75, 3.05) is 6.54 Å². The quantitative estimate of drug-likeness (QED) is 0.888. The van der Waals surface area contributed by atoms with Crippen LogP contribution in [0.2, 0.25) is 5.02 Å². The van der Waals surface area contributed by atoms with Crippen LogP contribution in [0.15, 0.2) is 54.6 Å². The molecule has 3 heteroatoms. The van der Waals surface area contributed by atoms with Gasteiger partial charge in [-0.3, -0.25) is 0 Å². The lowest BCUT2D eigenvalue weighted by molar-refractivity contribution is 0.147. The van der Waals surface area contributed by atoms with Crippen molar-refractivity contribution >= 4 is 11.6 Å². The summed E-state index contributed by atoms with van der Waals surface area (Å²) < 4.78 is 0. The zero-order valence-electron chi connectivity index (χ0n) is 9.96. The van der Waals surface area contributed by atoms with E-state index in [-0.39, 0.29) is 5.92 Å². The SMILES string of the molecule is NCC(c1cccc(Cl)c1)C(O)c1ccccc1. The van der Waals surface area contributed by atoms with Gasteiger partial charge in [-0.2, -0.15) is 0 Å². The Morgan fingerprint density at radius 2 is 1.67 bits per heavy atom. The third kappa shape index (κ3) is 2.91. The summed E-state index contributed by atoms with van der Waals surface area (Å²) in [6.07, 6.45) is -0.616. The summed E-state index contributed by atoms with van der Waals surface area (Å²) in [6, 6.07) is 17.0. The van der Waals surface area contributed by atoms with Crippen molar-refractivity contribution in [1.29, 1.82) is 0 Å². The molecule has 0 aromatic heterocycles. The summed E-state index contributed by atoms with van der Waals surface area (Å²) >= 11 is 5.97. The van der Waals surface area contributed by atoms with Gasteiger partial charge in [-0.1, -0.05) is 54.1 Å². The molecule has 94 valence electrons. The first-order valence-corrected chi connectivity index (χ1v) is 6.28. The summed E-state index contributed by atoms with van der Waals surface area (Å²) in [5, 5.41) is 11.1. The van der Waals surface area contributed by atoms with E-state index in [2.05, 4.69) is 0 Å². The Labute approximate surface area is 112 Å². The van der Waals surface area contributed by atoms with Crippen molar-refractivity contribution in [1.82, 2.24) is 0 Å². The molecule has 2 unspecified atom stereocenters. The fraction of sp³-hybridized carbons (Fsp3) is 0.200. The maximum atomic E-state index is 10.4. The lowest BCUT2D eigenvalue weighted by Gasteiger charge is -2.22. The molecular formula is C15H16ClNO. The molecule has 2 aromatic rings. The highest BCUT2D eigenvalue weighted by molar-refractivity contribution is 6.30. The van der Waals surface area contributed by atoms with E-state index < -0.39 is 6.10 Å². The normalized spacial score (nSPS) is 14.2. The predicted octanol–water partition coefficient (Wildman–Crippen LogP) is 3.12. The second kappa shape index (κ2) is 6.01. The smallest absolute Gasteiger partial charge is 0.0870 e. The van der Waals surface area contributed by atoms with E-state index in [0.29, 0.717) is 11.6 Å². The van der Waals surface area contributed by atoms with Gasteiger partial charge in [0.1, 0.15) is 0 Å². The van der Waals surface area contributed by atoms with Crippen molar-refractivity contribution in [2.24, 2.45) is 5.73 Å². The van der Waals surface area contributed by atoms with Crippen molar-refractivity contribution in [3.63, 3.8) is 0 Å². The highest BCUT2D eigenvalue weighted by Crippen LogP contribution is 2.31. The summed E-state index contributed by atoms with van der Waals surface area (Å²) in [5.41, 5.74) is 7.62. The lowest BCUT2D eigenvalue weighted by atomic mass is 9.89. The van der Waals surface area contributed by atoms with Crippen LogP contribution in [0.1, 0.15) is 23.1 Å². The summed E-state index contributed by atoms with van der Waals surface area (Å²) in [4.78, 5) is 0. The van der Waals surface area contributed by atoms with Gasteiger partial charge in [0.15, 0.2) is 0 Å². The number of hydrogen-bond donors (Lipinski definition) is 2. The standard InChI is InChI=1S/C15H16ClNO/c16-13-8-4-7-12(9-13)14(10-17)15(18)11-5-2-1-3-6-11/h1-9,14-15,18H,10,17H2. The Hall–Kier alpha value is -1.35. The zero-order chi connectivity index (χ0) is 13.0. The fourth-order valence-electron chi connectivity index (χ4n) is 2.07. The number of benzene rings is 2. The molecule has 0 saturated heterocycles. The van der Waals surface area contributed by atoms with Gasteiger partial charge in [0.25, 0.3) is 0 Å². The Balaban J connectivity index is 2.29. The predicted molar refractivity (Wildman–Crippen MR) is 74.6 cm³/mol. The zero-order valence-corrected chi connectivity index (χ0v) is 10.7. The van der Waals surface area contributed by atoms with Gasteiger partial charge in [0.05, 0.1) is 6.10 Å². The van der Waals surface area contributed by atoms with Crippen LogP contribution in [0, 0.1) is 0 Å². The molecule has 18 heavy (non-hydrogen) atoms. The minimum atomic E-state index is -0.616. The number of aliphatic hydroxyl groups is 1. The van der Waals surface area contributed by atoms with E-state index in [9.17, 15) is 5.11 Å². The van der Waals surface area contributed by atoms with Crippen LogP contribution in [-0.4, -0.2) is 11.7 Å². The first-order chi connectivity index (χ1) is 8.72. The van der Waals surface area contributed by atoms with Crippen LogP contribution in [-0.2, 0) is 0 Å². The van der Waals surface area contributed by atoms with Gasteiger partial charge in [-0.15, -0.1) is 0 Å². The molecule has 2 rings (SSSR count). The minimum Gasteiger partial charge on any atom is -0.388 e. The van der Waals surface area contributed by atoms with Crippen molar-refractivity contribution < 1.29 is 5.11 Å². The Bertz CT molecular complexity index is 501. The van der Waals surface area contributed by atoms with Crippen LogP contribution in [0.4, 0.5) is 0 Å². The summed E-state index contributed by atoms with van der Waals surface area (Å²) in [6.45, 7) is 0.371.